The topological polar surface area (TPSA) is 0 Å². The number of unbranched alkanes of at least 4 members (excludes halogenated alkanes) is 7. The van der Waals surface area contributed by atoms with Gasteiger partial charge in [0.15, 0.2) is 5.79 Å². The molecule has 0 nitrogen and oxygen atoms in total. The SMILES string of the molecule is CCCCCCCCCC[Si](C)(C)C(F)C(F)(F)C(F)(F)C(F)(F)C(F)(F)C(F)(F)C(F)(F)C(F)(F)C(F)(F)[Si](Cl)(Cl)Cl. The number of hydrogen-bond acceptors (Lipinski definition) is 0. The van der Waals surface area contributed by atoms with Crippen LogP contribution >= 0.6 is 33.2 Å². The molecule has 0 saturated heterocycles. The fourth-order valence-corrected chi connectivity index (χ4v) is 8.02. The molecule has 0 fully saturated rings. The lowest BCUT2D eigenvalue weighted by Crippen LogP contribution is -2.77. The number of hydrogen-bond donors (Lipinski definition) is 0. The van der Waals surface area contributed by atoms with Crippen LogP contribution in [0.5, 0.6) is 0 Å². The third-order valence-corrected chi connectivity index (χ3v) is 13.4. The molecule has 0 heterocycles. The van der Waals surface area contributed by atoms with E-state index >= 15 is 0 Å². The van der Waals surface area contributed by atoms with Crippen LogP contribution in [0.1, 0.15) is 58.3 Å². The molecule has 0 rings (SSSR count). The Hall–Kier alpha value is 0.114. The minimum Gasteiger partial charge on any atom is -0.245 e. The van der Waals surface area contributed by atoms with Crippen LogP contribution in [0.2, 0.25) is 19.1 Å². The smallest absolute Gasteiger partial charge is 0.245 e. The molecule has 0 aliphatic rings. The van der Waals surface area contributed by atoms with Crippen LogP contribution in [-0.4, -0.2) is 66.9 Å². The van der Waals surface area contributed by atoms with E-state index in [0.29, 0.717) is 25.9 Å². The summed E-state index contributed by atoms with van der Waals surface area (Å²) in [6, 6.07) is -7.30. The molecule has 0 spiro atoms. The van der Waals surface area contributed by atoms with Crippen LogP contribution in [0, 0.1) is 0 Å². The van der Waals surface area contributed by atoms with E-state index in [9.17, 15) is 74.6 Å². The van der Waals surface area contributed by atoms with Gasteiger partial charge >= 0.3 is 53.0 Å². The minimum atomic E-state index is -8.66. The standard InChI is InChI=1S/C21H28Cl3F17Si2/c1-4-5-6-7-8-9-10-11-12-42(2,3)13(25)14(26,27)15(28,29)16(30,31)17(32,33)18(34,35)19(36,37)20(38,39)21(40,41)43(22,23)24/h13H,4-12H2,1-3H3. The largest absolute Gasteiger partial charge is 0.424 e. The highest BCUT2D eigenvalue weighted by molar-refractivity contribution is 7.65. The van der Waals surface area contributed by atoms with Crippen LogP contribution in [0.3, 0.4) is 0 Å². The van der Waals surface area contributed by atoms with Gasteiger partial charge in [-0.1, -0.05) is 77.4 Å². The maximum Gasteiger partial charge on any atom is 0.424 e. The Balaban J connectivity index is 6.34. The Bertz CT molecular complexity index is 908. The second-order valence-corrected chi connectivity index (χ2v) is 24.2. The third kappa shape index (κ3) is 7.49. The molecule has 0 amide bonds. The molecule has 0 aromatic rings. The molecular formula is C21H28Cl3F17Si2. The summed E-state index contributed by atoms with van der Waals surface area (Å²) in [4.78, 5) is 0. The number of rotatable bonds is 19. The van der Waals surface area contributed by atoms with E-state index < -0.39 is 72.9 Å². The van der Waals surface area contributed by atoms with Crippen molar-refractivity contribution in [3.8, 4) is 0 Å². The van der Waals surface area contributed by atoms with Crippen LogP contribution in [0.25, 0.3) is 0 Å². The maximum atomic E-state index is 14.8. The first-order chi connectivity index (χ1) is 18.7. The van der Waals surface area contributed by atoms with E-state index in [1.54, 1.807) is 0 Å². The Morgan fingerprint density at radius 2 is 0.791 bits per heavy atom. The molecule has 22 heteroatoms. The quantitative estimate of drug-likeness (QED) is 0.0532. The fraction of sp³-hybridized carbons (Fsp3) is 1.00. The van der Waals surface area contributed by atoms with Gasteiger partial charge in [0.25, 0.3) is 0 Å². The molecule has 0 N–H and O–H groups in total. The zero-order valence-electron chi connectivity index (χ0n) is 22.5. The predicted molar refractivity (Wildman–Crippen MR) is 133 cm³/mol. The van der Waals surface area contributed by atoms with E-state index in [1.165, 1.54) is 0 Å². The van der Waals surface area contributed by atoms with Crippen molar-refractivity contribution in [1.29, 1.82) is 0 Å². The summed E-state index contributed by atoms with van der Waals surface area (Å²) in [6.07, 6.45) is 4.69. The Labute approximate surface area is 252 Å². The van der Waals surface area contributed by atoms with Gasteiger partial charge < -0.3 is 0 Å². The highest BCUT2D eigenvalue weighted by atomic mass is 35.8. The molecular weight excluding hydrogens is 738 g/mol. The first-order valence-corrected chi connectivity index (χ1v) is 20.8. The van der Waals surface area contributed by atoms with Gasteiger partial charge in [-0.2, -0.15) is 70.2 Å². The zero-order chi connectivity index (χ0) is 34.9. The maximum absolute atomic E-state index is 14.8. The van der Waals surface area contributed by atoms with Crippen molar-refractivity contribution in [3.63, 3.8) is 0 Å². The second kappa shape index (κ2) is 13.7. The van der Waals surface area contributed by atoms with Gasteiger partial charge in [-0.25, -0.2) is 4.39 Å². The van der Waals surface area contributed by atoms with E-state index in [-0.39, 0.29) is 12.8 Å². The first-order valence-electron chi connectivity index (χ1n) is 12.4. The van der Waals surface area contributed by atoms with E-state index in [0.717, 1.165) is 25.7 Å². The number of alkyl halides is 17. The Morgan fingerprint density at radius 1 is 0.488 bits per heavy atom. The molecule has 0 aliphatic heterocycles. The van der Waals surface area contributed by atoms with Gasteiger partial charge in [-0.3, -0.25) is 0 Å². The lowest BCUT2D eigenvalue weighted by atomic mass is 9.89. The van der Waals surface area contributed by atoms with Gasteiger partial charge in [0.05, 0.1) is 8.07 Å². The van der Waals surface area contributed by atoms with Gasteiger partial charge in [-0.05, 0) is 0 Å². The highest BCUT2D eigenvalue weighted by Crippen LogP contribution is 2.65. The van der Waals surface area contributed by atoms with Gasteiger partial charge in [0.1, 0.15) is 0 Å². The molecule has 0 aromatic carbocycles. The summed E-state index contributed by atoms with van der Waals surface area (Å²) in [6.45, 7) is 3.14. The summed E-state index contributed by atoms with van der Waals surface area (Å²) >= 11 is 13.3. The molecule has 0 radical (unpaired) electrons. The van der Waals surface area contributed by atoms with E-state index in [1.807, 2.05) is 6.92 Å². The zero-order valence-corrected chi connectivity index (χ0v) is 26.8. The molecule has 0 saturated carbocycles. The van der Waals surface area contributed by atoms with Crippen LogP contribution in [0.4, 0.5) is 74.6 Å². The van der Waals surface area contributed by atoms with Crippen molar-refractivity contribution >= 4 is 47.3 Å². The third-order valence-electron chi connectivity index (χ3n) is 6.82. The van der Waals surface area contributed by atoms with E-state index in [4.69, 9.17) is 0 Å². The lowest BCUT2D eigenvalue weighted by molar-refractivity contribution is -0.450. The van der Waals surface area contributed by atoms with Crippen molar-refractivity contribution in [2.75, 3.05) is 0 Å². The Morgan fingerprint density at radius 3 is 1.14 bits per heavy atom. The summed E-state index contributed by atoms with van der Waals surface area (Å²) in [5, 5.41) is 0. The second-order valence-electron chi connectivity index (χ2n) is 10.7. The van der Waals surface area contributed by atoms with Crippen LogP contribution in [-0.2, 0) is 0 Å². The van der Waals surface area contributed by atoms with Crippen molar-refractivity contribution in [2.24, 2.45) is 0 Å². The Kier molecular flexibility index (Phi) is 13.7. The lowest BCUT2D eigenvalue weighted by Gasteiger charge is -2.45. The minimum absolute atomic E-state index is 0.123. The van der Waals surface area contributed by atoms with Crippen molar-refractivity contribution in [2.45, 2.75) is 130 Å². The average Bonchev–Trinajstić information content (AvgIpc) is 2.83. The molecule has 0 bridgehead atoms. The van der Waals surface area contributed by atoms with Crippen LogP contribution < -0.4 is 0 Å². The van der Waals surface area contributed by atoms with Gasteiger partial charge in [-0.15, -0.1) is 33.2 Å². The molecule has 1 unspecified atom stereocenters. The van der Waals surface area contributed by atoms with E-state index in [2.05, 4.69) is 33.2 Å². The monoisotopic (exact) mass is 764 g/mol. The number of halogens is 20. The molecule has 0 aromatic heterocycles. The fourth-order valence-electron chi connectivity index (χ4n) is 3.86. The molecule has 260 valence electrons. The summed E-state index contributed by atoms with van der Waals surface area (Å²) in [7, 11) is -4.50. The predicted octanol–water partition coefficient (Wildman–Crippen LogP) is 12.0. The van der Waals surface area contributed by atoms with Crippen molar-refractivity contribution < 1.29 is 74.6 Å². The van der Waals surface area contributed by atoms with Crippen molar-refractivity contribution in [3.05, 3.63) is 0 Å². The summed E-state index contributed by atoms with van der Waals surface area (Å²) < 4.78 is 240. The molecule has 43 heavy (non-hydrogen) atoms. The summed E-state index contributed by atoms with van der Waals surface area (Å²) in [5.41, 5.74) is -6.94. The first kappa shape index (κ1) is 43.1. The summed E-state index contributed by atoms with van der Waals surface area (Å²) in [5.74, 6) is -61.5. The molecule has 0 aliphatic carbocycles. The van der Waals surface area contributed by atoms with Gasteiger partial charge in [0.2, 0.25) is 0 Å². The van der Waals surface area contributed by atoms with Crippen molar-refractivity contribution in [1.82, 2.24) is 0 Å². The van der Waals surface area contributed by atoms with Crippen LogP contribution in [0.15, 0.2) is 0 Å². The highest BCUT2D eigenvalue weighted by Gasteiger charge is 2.96. The van der Waals surface area contributed by atoms with Gasteiger partial charge in [0, 0.05) is 0 Å². The average molecular weight is 766 g/mol. The normalized spacial score (nSPS) is 16.5. The molecule has 1 atom stereocenters.